The summed E-state index contributed by atoms with van der Waals surface area (Å²) in [6.45, 7) is 1.90. The van der Waals surface area contributed by atoms with Crippen molar-refractivity contribution in [1.29, 1.82) is 5.26 Å². The fraction of sp³-hybridized carbons (Fsp3) is 0.182. The third-order valence-electron chi connectivity index (χ3n) is 1.72. The number of rotatable bonds is 3. The van der Waals surface area contributed by atoms with Crippen LogP contribution in [0.5, 0.6) is 0 Å². The molecule has 4 nitrogen and oxygen atoms in total. The minimum absolute atomic E-state index is 0.0880. The van der Waals surface area contributed by atoms with Gasteiger partial charge in [0, 0.05) is 12.4 Å². The molecular formula is C11H9ClN2O2. The Bertz CT molecular complexity index is 463. The summed E-state index contributed by atoms with van der Waals surface area (Å²) in [7, 11) is 0. The first kappa shape index (κ1) is 12.2. The van der Waals surface area contributed by atoms with Gasteiger partial charge in [-0.15, -0.1) is 0 Å². The Morgan fingerprint density at radius 3 is 3.06 bits per heavy atom. The number of carbonyl (C=O) groups is 1. The van der Waals surface area contributed by atoms with Gasteiger partial charge in [0.25, 0.3) is 0 Å². The van der Waals surface area contributed by atoms with Crippen molar-refractivity contribution in [2.75, 3.05) is 6.61 Å². The Balaban J connectivity index is 3.02. The van der Waals surface area contributed by atoms with Gasteiger partial charge in [-0.1, -0.05) is 11.6 Å². The third kappa shape index (κ3) is 3.07. The highest BCUT2D eigenvalue weighted by atomic mass is 35.5. The fourth-order valence-corrected chi connectivity index (χ4v) is 1.18. The molecule has 1 rings (SSSR count). The Morgan fingerprint density at radius 2 is 2.50 bits per heavy atom. The van der Waals surface area contributed by atoms with E-state index in [4.69, 9.17) is 21.6 Å². The topological polar surface area (TPSA) is 63.0 Å². The van der Waals surface area contributed by atoms with Gasteiger partial charge in [0.15, 0.2) is 0 Å². The summed E-state index contributed by atoms with van der Waals surface area (Å²) in [4.78, 5) is 15.1. The highest BCUT2D eigenvalue weighted by Gasteiger charge is 2.10. The molecule has 0 aliphatic heterocycles. The molecule has 5 heteroatoms. The SMILES string of the molecule is CCOC(=O)/C(C#N)=C/c1ccncc1Cl. The van der Waals surface area contributed by atoms with Gasteiger partial charge in [0.05, 0.1) is 11.6 Å². The molecule has 0 unspecified atom stereocenters. The molecule has 0 spiro atoms. The molecule has 0 bridgehead atoms. The molecule has 0 aromatic carbocycles. The number of aromatic nitrogens is 1. The highest BCUT2D eigenvalue weighted by Crippen LogP contribution is 2.17. The summed E-state index contributed by atoms with van der Waals surface area (Å²) in [5.41, 5.74) is 0.469. The maximum Gasteiger partial charge on any atom is 0.348 e. The van der Waals surface area contributed by atoms with Crippen molar-refractivity contribution < 1.29 is 9.53 Å². The molecule has 0 saturated heterocycles. The molecule has 0 radical (unpaired) electrons. The van der Waals surface area contributed by atoms with Crippen molar-refractivity contribution in [2.24, 2.45) is 0 Å². The van der Waals surface area contributed by atoms with Crippen molar-refractivity contribution in [1.82, 2.24) is 4.98 Å². The number of pyridine rings is 1. The normalized spacial score (nSPS) is 10.7. The summed E-state index contributed by atoms with van der Waals surface area (Å²) >= 11 is 5.84. The first-order valence-corrected chi connectivity index (χ1v) is 4.95. The van der Waals surface area contributed by atoms with Gasteiger partial charge in [0.2, 0.25) is 0 Å². The van der Waals surface area contributed by atoms with Crippen LogP contribution in [-0.2, 0) is 9.53 Å². The molecule has 0 atom stereocenters. The molecule has 1 aromatic rings. The van der Waals surface area contributed by atoms with Crippen LogP contribution in [0.25, 0.3) is 6.08 Å². The van der Waals surface area contributed by atoms with Gasteiger partial charge in [-0.25, -0.2) is 4.79 Å². The average molecular weight is 237 g/mol. The van der Waals surface area contributed by atoms with E-state index < -0.39 is 5.97 Å². The molecule has 1 aromatic heterocycles. The maximum atomic E-state index is 11.3. The van der Waals surface area contributed by atoms with E-state index in [-0.39, 0.29) is 12.2 Å². The Labute approximate surface area is 98.1 Å². The van der Waals surface area contributed by atoms with Crippen LogP contribution in [0.1, 0.15) is 12.5 Å². The van der Waals surface area contributed by atoms with E-state index in [1.165, 1.54) is 18.5 Å². The smallest absolute Gasteiger partial charge is 0.348 e. The standard InChI is InChI=1S/C11H9ClN2O2/c1-2-16-11(15)9(6-13)5-8-3-4-14-7-10(8)12/h3-5,7H,2H2,1H3/b9-5+. The first-order chi connectivity index (χ1) is 7.69. The van der Waals surface area contributed by atoms with Gasteiger partial charge in [0.1, 0.15) is 11.6 Å². The lowest BCUT2D eigenvalue weighted by molar-refractivity contribution is -0.137. The maximum absolute atomic E-state index is 11.3. The predicted octanol–water partition coefficient (Wildman–Crippen LogP) is 2.21. The monoisotopic (exact) mass is 236 g/mol. The Morgan fingerprint density at radius 1 is 1.75 bits per heavy atom. The summed E-state index contributed by atoms with van der Waals surface area (Å²) in [5.74, 6) is -0.655. The Hall–Kier alpha value is -1.86. The number of nitrogens with zero attached hydrogens (tertiary/aromatic N) is 2. The average Bonchev–Trinajstić information content (AvgIpc) is 2.28. The van der Waals surface area contributed by atoms with Crippen LogP contribution in [0.3, 0.4) is 0 Å². The van der Waals surface area contributed by atoms with Crippen molar-refractivity contribution in [3.63, 3.8) is 0 Å². The quantitative estimate of drug-likeness (QED) is 0.459. The minimum Gasteiger partial charge on any atom is -0.462 e. The van der Waals surface area contributed by atoms with Crippen LogP contribution >= 0.6 is 11.6 Å². The fourth-order valence-electron chi connectivity index (χ4n) is 1.00. The molecule has 82 valence electrons. The van der Waals surface area contributed by atoms with E-state index in [0.29, 0.717) is 10.6 Å². The van der Waals surface area contributed by atoms with E-state index >= 15 is 0 Å². The molecule has 0 fully saturated rings. The minimum atomic E-state index is -0.655. The van der Waals surface area contributed by atoms with Crippen LogP contribution in [-0.4, -0.2) is 17.6 Å². The lowest BCUT2D eigenvalue weighted by Crippen LogP contribution is -2.06. The van der Waals surface area contributed by atoms with E-state index in [1.54, 1.807) is 19.1 Å². The van der Waals surface area contributed by atoms with E-state index in [1.807, 2.05) is 0 Å². The number of carbonyl (C=O) groups excluding carboxylic acids is 1. The Kier molecular flexibility index (Phi) is 4.49. The van der Waals surface area contributed by atoms with E-state index in [0.717, 1.165) is 0 Å². The highest BCUT2D eigenvalue weighted by molar-refractivity contribution is 6.32. The van der Waals surface area contributed by atoms with Crippen molar-refractivity contribution in [3.05, 3.63) is 34.6 Å². The number of halogens is 1. The predicted molar refractivity (Wildman–Crippen MR) is 59.5 cm³/mol. The van der Waals surface area contributed by atoms with E-state index in [9.17, 15) is 4.79 Å². The zero-order chi connectivity index (χ0) is 12.0. The second kappa shape index (κ2) is 5.89. The van der Waals surface area contributed by atoms with Crippen LogP contribution < -0.4 is 0 Å². The van der Waals surface area contributed by atoms with Crippen LogP contribution in [0.4, 0.5) is 0 Å². The lowest BCUT2D eigenvalue weighted by Gasteiger charge is -2.00. The summed E-state index contributed by atoms with van der Waals surface area (Å²) in [6.07, 6.45) is 4.34. The molecular weight excluding hydrogens is 228 g/mol. The van der Waals surface area contributed by atoms with Gasteiger partial charge in [-0.3, -0.25) is 4.98 Å². The van der Waals surface area contributed by atoms with Gasteiger partial charge < -0.3 is 4.74 Å². The summed E-state index contributed by atoms with van der Waals surface area (Å²) in [6, 6.07) is 3.38. The van der Waals surface area contributed by atoms with Crippen LogP contribution in [0, 0.1) is 11.3 Å². The summed E-state index contributed by atoms with van der Waals surface area (Å²) < 4.78 is 4.72. The van der Waals surface area contributed by atoms with Crippen molar-refractivity contribution >= 4 is 23.6 Å². The number of hydrogen-bond acceptors (Lipinski definition) is 4. The molecule has 0 aliphatic rings. The number of nitriles is 1. The molecule has 0 N–H and O–H groups in total. The van der Waals surface area contributed by atoms with Crippen LogP contribution in [0.2, 0.25) is 5.02 Å². The second-order valence-electron chi connectivity index (χ2n) is 2.79. The number of ether oxygens (including phenoxy) is 1. The number of esters is 1. The van der Waals surface area contributed by atoms with Gasteiger partial charge in [-0.05, 0) is 24.6 Å². The van der Waals surface area contributed by atoms with Gasteiger partial charge in [-0.2, -0.15) is 5.26 Å². The van der Waals surface area contributed by atoms with Crippen molar-refractivity contribution in [2.45, 2.75) is 6.92 Å². The molecule has 1 heterocycles. The molecule has 0 saturated carbocycles. The zero-order valence-electron chi connectivity index (χ0n) is 8.61. The summed E-state index contributed by atoms with van der Waals surface area (Å²) in [5, 5.41) is 9.17. The zero-order valence-corrected chi connectivity index (χ0v) is 9.36. The van der Waals surface area contributed by atoms with Gasteiger partial charge >= 0.3 is 5.97 Å². The molecule has 0 amide bonds. The van der Waals surface area contributed by atoms with E-state index in [2.05, 4.69) is 4.98 Å². The first-order valence-electron chi connectivity index (χ1n) is 4.57. The molecule has 16 heavy (non-hydrogen) atoms. The molecule has 0 aliphatic carbocycles. The van der Waals surface area contributed by atoms with Crippen LogP contribution in [0.15, 0.2) is 24.0 Å². The number of hydrogen-bond donors (Lipinski definition) is 0. The van der Waals surface area contributed by atoms with Crippen molar-refractivity contribution in [3.8, 4) is 6.07 Å². The lowest BCUT2D eigenvalue weighted by atomic mass is 10.2. The second-order valence-corrected chi connectivity index (χ2v) is 3.19. The third-order valence-corrected chi connectivity index (χ3v) is 2.04. The largest absolute Gasteiger partial charge is 0.462 e.